The first-order valence-electron chi connectivity index (χ1n) is 9.03. The van der Waals surface area contributed by atoms with Crippen molar-refractivity contribution in [1.82, 2.24) is 4.98 Å². The Hall–Kier alpha value is -2.84. The molecule has 3 rings (SSSR count). The molecule has 1 atom stereocenters. The van der Waals surface area contributed by atoms with Crippen molar-refractivity contribution >= 4 is 45.8 Å². The normalized spacial score (nSPS) is 11.6. The zero-order valence-corrected chi connectivity index (χ0v) is 17.5. The average molecular weight is 428 g/mol. The van der Waals surface area contributed by atoms with Gasteiger partial charge in [-0.1, -0.05) is 36.4 Å². The Morgan fingerprint density at radius 3 is 2.72 bits per heavy atom. The Kier molecular flexibility index (Phi) is 7.26. The van der Waals surface area contributed by atoms with E-state index in [0.717, 1.165) is 10.5 Å². The number of hydrogen-bond donors (Lipinski definition) is 2. The molecule has 0 radical (unpaired) electrons. The van der Waals surface area contributed by atoms with Crippen molar-refractivity contribution in [3.05, 3.63) is 71.2 Å². The fraction of sp³-hybridized carbons (Fsp3) is 0.190. The number of ether oxygens (including phenoxy) is 1. The number of carbonyl (C=O) groups is 2. The van der Waals surface area contributed by atoms with Gasteiger partial charge >= 0.3 is 5.97 Å². The molecule has 150 valence electrons. The van der Waals surface area contributed by atoms with Crippen molar-refractivity contribution < 1.29 is 14.3 Å². The van der Waals surface area contributed by atoms with Crippen LogP contribution in [0.4, 0.5) is 10.8 Å². The minimum absolute atomic E-state index is 0.0837. The molecule has 0 aliphatic carbocycles. The second-order valence-corrected chi connectivity index (χ2v) is 8.13. The van der Waals surface area contributed by atoms with E-state index >= 15 is 0 Å². The molecule has 0 saturated carbocycles. The first-order valence-corrected chi connectivity index (χ1v) is 10.8. The van der Waals surface area contributed by atoms with Gasteiger partial charge in [-0.05, 0) is 30.7 Å². The van der Waals surface area contributed by atoms with Crippen molar-refractivity contribution in [2.75, 3.05) is 17.7 Å². The largest absolute Gasteiger partial charge is 0.466 e. The molecule has 0 aliphatic heterocycles. The maximum atomic E-state index is 13.0. The molecule has 0 spiro atoms. The minimum atomic E-state index is -0.476. The van der Waals surface area contributed by atoms with Gasteiger partial charge in [0.2, 0.25) is 5.91 Å². The molecule has 3 N–H and O–H groups in total. The van der Waals surface area contributed by atoms with E-state index in [-0.39, 0.29) is 18.3 Å². The lowest BCUT2D eigenvalue weighted by atomic mass is 10.1. The van der Waals surface area contributed by atoms with Gasteiger partial charge in [-0.25, -0.2) is 4.98 Å². The lowest BCUT2D eigenvalue weighted by Crippen LogP contribution is -2.19. The van der Waals surface area contributed by atoms with Crippen LogP contribution in [0.3, 0.4) is 0 Å². The summed E-state index contributed by atoms with van der Waals surface area (Å²) < 4.78 is 4.93. The van der Waals surface area contributed by atoms with E-state index in [1.807, 2.05) is 54.6 Å². The third-order valence-electron chi connectivity index (χ3n) is 3.87. The highest BCUT2D eigenvalue weighted by molar-refractivity contribution is 8.00. The Balaban J connectivity index is 1.75. The van der Waals surface area contributed by atoms with Gasteiger partial charge in [0.15, 0.2) is 5.13 Å². The number of anilines is 2. The smallest absolute Gasteiger partial charge is 0.311 e. The highest BCUT2D eigenvalue weighted by Gasteiger charge is 2.23. The van der Waals surface area contributed by atoms with E-state index in [0.29, 0.717) is 23.1 Å². The molecule has 1 heterocycles. The van der Waals surface area contributed by atoms with E-state index < -0.39 is 5.25 Å². The molecule has 0 saturated heterocycles. The molecule has 1 unspecified atom stereocenters. The molecule has 2 aromatic carbocycles. The summed E-state index contributed by atoms with van der Waals surface area (Å²) in [5.41, 5.74) is 7.97. The van der Waals surface area contributed by atoms with Gasteiger partial charge in [-0.15, -0.1) is 23.1 Å². The number of benzene rings is 2. The molecule has 0 bridgehead atoms. The first kappa shape index (κ1) is 20.9. The summed E-state index contributed by atoms with van der Waals surface area (Å²) in [5.74, 6) is -0.532. The fourth-order valence-electron chi connectivity index (χ4n) is 2.60. The van der Waals surface area contributed by atoms with Crippen molar-refractivity contribution in [3.63, 3.8) is 0 Å². The van der Waals surface area contributed by atoms with Gasteiger partial charge in [0.05, 0.1) is 18.7 Å². The Bertz CT molecular complexity index is 976. The molecular formula is C21H21N3O3S2. The van der Waals surface area contributed by atoms with Crippen LogP contribution in [0.1, 0.15) is 23.4 Å². The van der Waals surface area contributed by atoms with E-state index in [1.165, 1.54) is 23.1 Å². The van der Waals surface area contributed by atoms with Gasteiger partial charge in [0, 0.05) is 16.0 Å². The molecule has 0 aliphatic rings. The summed E-state index contributed by atoms with van der Waals surface area (Å²) in [4.78, 5) is 29.9. The van der Waals surface area contributed by atoms with Crippen LogP contribution in [0, 0.1) is 0 Å². The third kappa shape index (κ3) is 6.07. The third-order valence-corrected chi connectivity index (χ3v) is 5.92. The summed E-state index contributed by atoms with van der Waals surface area (Å²) in [6, 6.07) is 17.0. The number of amides is 1. The molecular weight excluding hydrogens is 406 g/mol. The number of rotatable bonds is 8. The number of thiazole rings is 1. The number of carbonyl (C=O) groups excluding carboxylic acids is 2. The molecule has 3 aromatic rings. The zero-order valence-electron chi connectivity index (χ0n) is 15.8. The summed E-state index contributed by atoms with van der Waals surface area (Å²) in [5, 5.41) is 4.58. The summed E-state index contributed by atoms with van der Waals surface area (Å²) in [7, 11) is 0. The lowest BCUT2D eigenvalue weighted by Gasteiger charge is -2.16. The number of thioether (sulfide) groups is 1. The van der Waals surface area contributed by atoms with E-state index in [9.17, 15) is 9.59 Å². The number of nitrogens with zero attached hydrogens (tertiary/aromatic N) is 1. The van der Waals surface area contributed by atoms with Crippen LogP contribution in [0.5, 0.6) is 0 Å². The van der Waals surface area contributed by atoms with Gasteiger partial charge in [0.25, 0.3) is 0 Å². The maximum Gasteiger partial charge on any atom is 0.311 e. The number of esters is 1. The molecule has 1 amide bonds. The second kappa shape index (κ2) is 10.1. The minimum Gasteiger partial charge on any atom is -0.466 e. The van der Waals surface area contributed by atoms with Crippen molar-refractivity contribution in [2.45, 2.75) is 23.5 Å². The van der Waals surface area contributed by atoms with Crippen molar-refractivity contribution in [3.8, 4) is 0 Å². The molecule has 29 heavy (non-hydrogen) atoms. The van der Waals surface area contributed by atoms with Crippen LogP contribution < -0.4 is 11.1 Å². The Labute approximate surface area is 177 Å². The van der Waals surface area contributed by atoms with E-state index in [2.05, 4.69) is 10.3 Å². The predicted octanol–water partition coefficient (Wildman–Crippen LogP) is 4.30. The number of hydrogen-bond acceptors (Lipinski definition) is 7. The summed E-state index contributed by atoms with van der Waals surface area (Å²) >= 11 is 2.70. The monoisotopic (exact) mass is 427 g/mol. The Morgan fingerprint density at radius 2 is 2.00 bits per heavy atom. The standard InChI is InChI=1S/C21H21N3O3S2/c1-2-27-18(25)12-16-13-28-21(23-16)24-20(26)19(14-7-4-3-5-8-14)29-17-10-6-9-15(22)11-17/h3-11,13,19H,2,12,22H2,1H3,(H,23,24,26). The summed E-state index contributed by atoms with van der Waals surface area (Å²) in [6.07, 6.45) is 0.0837. The van der Waals surface area contributed by atoms with Crippen LogP contribution in [0.25, 0.3) is 0 Å². The average Bonchev–Trinajstić information content (AvgIpc) is 3.13. The van der Waals surface area contributed by atoms with Gasteiger partial charge in [0.1, 0.15) is 5.25 Å². The molecule has 8 heteroatoms. The summed E-state index contributed by atoms with van der Waals surface area (Å²) in [6.45, 7) is 2.08. The number of nitrogens with one attached hydrogen (secondary N) is 1. The fourth-order valence-corrected chi connectivity index (χ4v) is 4.41. The van der Waals surface area contributed by atoms with Gasteiger partial charge in [-0.3, -0.25) is 9.59 Å². The van der Waals surface area contributed by atoms with E-state index in [4.69, 9.17) is 10.5 Å². The Morgan fingerprint density at radius 1 is 1.21 bits per heavy atom. The van der Waals surface area contributed by atoms with Gasteiger partial charge in [-0.2, -0.15) is 0 Å². The van der Waals surface area contributed by atoms with Crippen LogP contribution in [-0.2, 0) is 20.7 Å². The molecule has 1 aromatic heterocycles. The SMILES string of the molecule is CCOC(=O)Cc1csc(NC(=O)C(Sc2cccc(N)c2)c2ccccc2)n1. The van der Waals surface area contributed by atoms with Crippen molar-refractivity contribution in [2.24, 2.45) is 0 Å². The van der Waals surface area contributed by atoms with Crippen LogP contribution in [0.2, 0.25) is 0 Å². The van der Waals surface area contributed by atoms with Crippen LogP contribution in [-0.4, -0.2) is 23.5 Å². The highest BCUT2D eigenvalue weighted by Crippen LogP contribution is 2.37. The number of aromatic nitrogens is 1. The second-order valence-electron chi connectivity index (χ2n) is 6.10. The molecule has 6 nitrogen and oxygen atoms in total. The van der Waals surface area contributed by atoms with E-state index in [1.54, 1.807) is 12.3 Å². The molecule has 0 fully saturated rings. The lowest BCUT2D eigenvalue weighted by molar-refractivity contribution is -0.142. The highest BCUT2D eigenvalue weighted by atomic mass is 32.2. The quantitative estimate of drug-likeness (QED) is 0.316. The number of nitrogen functional groups attached to an aromatic ring is 1. The van der Waals surface area contributed by atoms with Crippen LogP contribution >= 0.6 is 23.1 Å². The maximum absolute atomic E-state index is 13.0. The topological polar surface area (TPSA) is 94.3 Å². The zero-order chi connectivity index (χ0) is 20.6. The predicted molar refractivity (Wildman–Crippen MR) is 117 cm³/mol. The van der Waals surface area contributed by atoms with Gasteiger partial charge < -0.3 is 15.8 Å². The first-order chi connectivity index (χ1) is 14.0. The van der Waals surface area contributed by atoms with Crippen molar-refractivity contribution in [1.29, 1.82) is 0 Å². The van der Waals surface area contributed by atoms with Crippen LogP contribution in [0.15, 0.2) is 64.9 Å². The number of nitrogens with two attached hydrogens (primary N) is 1.